The largest absolute Gasteiger partial charge is 0.378 e. The van der Waals surface area contributed by atoms with E-state index in [0.717, 1.165) is 23.2 Å². The van der Waals surface area contributed by atoms with Crippen LogP contribution in [-0.2, 0) is 17.8 Å². The summed E-state index contributed by atoms with van der Waals surface area (Å²) in [6.45, 7) is 3.11. The number of methoxy groups -OCH3 is 1. The molecule has 2 aromatic rings. The Kier molecular flexibility index (Phi) is 4.14. The lowest BCUT2D eigenvalue weighted by molar-refractivity contribution is 0.0954. The number of nitrogens with one attached hydrogen (secondary N) is 1. The summed E-state index contributed by atoms with van der Waals surface area (Å²) in [7, 11) is 1.64. The Balaban J connectivity index is 1.39. The van der Waals surface area contributed by atoms with Crippen molar-refractivity contribution >= 4 is 17.2 Å². The van der Waals surface area contributed by atoms with Gasteiger partial charge >= 0.3 is 0 Å². The van der Waals surface area contributed by atoms with E-state index in [0.29, 0.717) is 23.3 Å². The molecule has 24 heavy (non-hydrogen) atoms. The van der Waals surface area contributed by atoms with E-state index in [1.807, 2.05) is 6.92 Å². The van der Waals surface area contributed by atoms with Crippen LogP contribution >= 0.6 is 11.3 Å². The van der Waals surface area contributed by atoms with Gasteiger partial charge in [-0.25, -0.2) is 4.98 Å². The number of hydrogen-bond acceptors (Lipinski definition) is 4. The van der Waals surface area contributed by atoms with Crippen LogP contribution in [0.25, 0.3) is 0 Å². The molecule has 0 saturated heterocycles. The number of hydrogen-bond donors (Lipinski definition) is 1. The van der Waals surface area contributed by atoms with Crippen LogP contribution in [0.15, 0.2) is 24.3 Å². The average Bonchev–Trinajstić information content (AvgIpc) is 3.19. The molecular formula is C19H22N2O2S. The molecule has 2 aliphatic carbocycles. The minimum Gasteiger partial charge on any atom is -0.378 e. The number of thiazole rings is 1. The van der Waals surface area contributed by atoms with Crippen LogP contribution in [0.4, 0.5) is 0 Å². The van der Waals surface area contributed by atoms with Gasteiger partial charge in [-0.15, -0.1) is 11.3 Å². The van der Waals surface area contributed by atoms with Crippen molar-refractivity contribution in [1.29, 1.82) is 0 Å². The first-order valence-electron chi connectivity index (χ1n) is 8.50. The van der Waals surface area contributed by atoms with E-state index in [2.05, 4.69) is 34.6 Å². The minimum absolute atomic E-state index is 0.00397. The van der Waals surface area contributed by atoms with Crippen molar-refractivity contribution in [2.24, 2.45) is 11.8 Å². The number of carbonyl (C=O) groups excluding carboxylic acids is 1. The van der Waals surface area contributed by atoms with Gasteiger partial charge in [0.2, 0.25) is 0 Å². The second kappa shape index (κ2) is 6.30. The van der Waals surface area contributed by atoms with Crippen molar-refractivity contribution < 1.29 is 9.53 Å². The van der Waals surface area contributed by atoms with Gasteiger partial charge in [0, 0.05) is 13.7 Å². The Hall–Kier alpha value is -1.72. The maximum atomic E-state index is 12.5. The Morgan fingerprint density at radius 1 is 1.42 bits per heavy atom. The van der Waals surface area contributed by atoms with E-state index in [1.54, 1.807) is 7.11 Å². The highest BCUT2D eigenvalue weighted by Gasteiger charge is 2.52. The molecule has 4 nitrogen and oxygen atoms in total. The normalized spacial score (nSPS) is 24.2. The molecule has 5 heteroatoms. The Morgan fingerprint density at radius 3 is 3.08 bits per heavy atom. The van der Waals surface area contributed by atoms with E-state index in [1.165, 1.54) is 35.3 Å². The Morgan fingerprint density at radius 2 is 2.25 bits per heavy atom. The van der Waals surface area contributed by atoms with Crippen molar-refractivity contribution in [3.63, 3.8) is 0 Å². The van der Waals surface area contributed by atoms with E-state index >= 15 is 0 Å². The van der Waals surface area contributed by atoms with Crippen LogP contribution in [0.5, 0.6) is 0 Å². The van der Waals surface area contributed by atoms with Gasteiger partial charge < -0.3 is 10.1 Å². The number of carbonyl (C=O) groups is 1. The number of fused-ring (bicyclic) bond motifs is 3. The maximum Gasteiger partial charge on any atom is 0.263 e. The third-order valence-electron chi connectivity index (χ3n) is 5.31. The van der Waals surface area contributed by atoms with Crippen molar-refractivity contribution in [3.05, 3.63) is 51.0 Å². The highest BCUT2D eigenvalue weighted by atomic mass is 32.1. The molecule has 0 unspecified atom stereocenters. The van der Waals surface area contributed by atoms with Crippen molar-refractivity contribution in [2.45, 2.75) is 32.3 Å². The fraction of sp³-hybridized carbons (Fsp3) is 0.474. The number of ether oxygens (including phenoxy) is 1. The summed E-state index contributed by atoms with van der Waals surface area (Å²) in [4.78, 5) is 17.6. The van der Waals surface area contributed by atoms with Crippen LogP contribution in [0.2, 0.25) is 0 Å². The Bertz CT molecular complexity index is 770. The summed E-state index contributed by atoms with van der Waals surface area (Å²) < 4.78 is 5.10. The highest BCUT2D eigenvalue weighted by molar-refractivity contribution is 7.13. The van der Waals surface area contributed by atoms with Crippen LogP contribution in [0.1, 0.15) is 43.8 Å². The molecule has 1 saturated carbocycles. The molecule has 2 aliphatic rings. The summed E-state index contributed by atoms with van der Waals surface area (Å²) in [5, 5.41) is 3.99. The van der Waals surface area contributed by atoms with E-state index in [4.69, 9.17) is 4.74 Å². The summed E-state index contributed by atoms with van der Waals surface area (Å²) in [5.74, 6) is 1.97. The molecule has 0 spiro atoms. The zero-order valence-corrected chi connectivity index (χ0v) is 14.9. The summed E-state index contributed by atoms with van der Waals surface area (Å²) in [6.07, 6.45) is 2.43. The van der Waals surface area contributed by atoms with Gasteiger partial charge in [-0.3, -0.25) is 4.79 Å². The van der Waals surface area contributed by atoms with Crippen LogP contribution in [-0.4, -0.2) is 24.5 Å². The summed E-state index contributed by atoms with van der Waals surface area (Å²) in [5.41, 5.74) is 3.79. The number of aromatic nitrogens is 1. The number of rotatable bonds is 5. The molecule has 4 rings (SSSR count). The average molecular weight is 342 g/mol. The van der Waals surface area contributed by atoms with Gasteiger partial charge in [-0.2, -0.15) is 0 Å². The molecule has 1 N–H and O–H groups in total. The highest BCUT2D eigenvalue weighted by Crippen LogP contribution is 2.59. The lowest BCUT2D eigenvalue weighted by Gasteiger charge is -2.13. The number of benzene rings is 1. The molecule has 126 valence electrons. The third-order valence-corrected chi connectivity index (χ3v) is 6.44. The first kappa shape index (κ1) is 15.8. The molecular weight excluding hydrogens is 320 g/mol. The first-order chi connectivity index (χ1) is 11.7. The summed E-state index contributed by atoms with van der Waals surface area (Å²) in [6, 6.07) is 8.77. The van der Waals surface area contributed by atoms with E-state index < -0.39 is 0 Å². The third kappa shape index (κ3) is 2.76. The SMILES string of the molecule is COCc1nc(C)c(C(=O)NC[C@@H]2[C@H]3CCc4ccccc4[C@H]32)s1. The zero-order chi connectivity index (χ0) is 16.7. The van der Waals surface area contributed by atoms with Gasteiger partial charge in [-0.05, 0) is 48.6 Å². The molecule has 0 aliphatic heterocycles. The van der Waals surface area contributed by atoms with Gasteiger partial charge in [0.25, 0.3) is 5.91 Å². The minimum atomic E-state index is 0.00397. The van der Waals surface area contributed by atoms with Gasteiger partial charge in [0.1, 0.15) is 9.88 Å². The van der Waals surface area contributed by atoms with Crippen molar-refractivity contribution in [2.75, 3.05) is 13.7 Å². The second-order valence-corrected chi connectivity index (χ2v) is 7.84. The Labute approximate surface area is 146 Å². The van der Waals surface area contributed by atoms with Crippen molar-refractivity contribution in [3.8, 4) is 0 Å². The maximum absolute atomic E-state index is 12.5. The summed E-state index contributed by atoms with van der Waals surface area (Å²) >= 11 is 1.43. The lowest BCUT2D eigenvalue weighted by atomic mass is 9.92. The van der Waals surface area contributed by atoms with Gasteiger partial charge in [-0.1, -0.05) is 24.3 Å². The molecule has 1 aromatic heterocycles. The molecule has 1 amide bonds. The van der Waals surface area contributed by atoms with Crippen LogP contribution in [0, 0.1) is 18.8 Å². The van der Waals surface area contributed by atoms with Crippen LogP contribution in [0.3, 0.4) is 0 Å². The first-order valence-corrected chi connectivity index (χ1v) is 9.32. The number of nitrogens with zero attached hydrogens (tertiary/aromatic N) is 1. The topological polar surface area (TPSA) is 51.2 Å². The monoisotopic (exact) mass is 342 g/mol. The smallest absolute Gasteiger partial charge is 0.263 e. The molecule has 0 radical (unpaired) electrons. The number of amides is 1. The fourth-order valence-electron chi connectivity index (χ4n) is 4.13. The second-order valence-electron chi connectivity index (χ2n) is 6.76. The van der Waals surface area contributed by atoms with Crippen LogP contribution < -0.4 is 5.32 Å². The zero-order valence-electron chi connectivity index (χ0n) is 14.0. The molecule has 0 bridgehead atoms. The molecule has 1 aromatic carbocycles. The predicted octanol–water partition coefficient (Wildman–Crippen LogP) is 3.30. The molecule has 1 fully saturated rings. The van der Waals surface area contributed by atoms with Gasteiger partial charge in [0.05, 0.1) is 12.3 Å². The lowest BCUT2D eigenvalue weighted by Crippen LogP contribution is -2.26. The molecule has 3 atom stereocenters. The van der Waals surface area contributed by atoms with Crippen molar-refractivity contribution in [1.82, 2.24) is 10.3 Å². The van der Waals surface area contributed by atoms with E-state index in [9.17, 15) is 4.79 Å². The quantitative estimate of drug-likeness (QED) is 0.907. The number of aryl methyl sites for hydroxylation is 2. The van der Waals surface area contributed by atoms with E-state index in [-0.39, 0.29) is 5.91 Å². The fourth-order valence-corrected chi connectivity index (χ4v) is 5.08. The van der Waals surface area contributed by atoms with Gasteiger partial charge in [0.15, 0.2) is 0 Å². The molecule has 1 heterocycles. The standard InChI is InChI=1S/C19H22N2O2S/c1-11-18(24-16(21-11)10-23-2)19(22)20-9-15-14-8-7-12-5-3-4-6-13(12)17(14)15/h3-6,14-15,17H,7-10H2,1-2H3,(H,20,22)/t14-,15-,17-/m1/s1. The predicted molar refractivity (Wildman–Crippen MR) is 94.4 cm³/mol.